The molecule has 2 aromatic carbocycles. The first-order valence-corrected chi connectivity index (χ1v) is 12.0. The van der Waals surface area contributed by atoms with Crippen molar-refractivity contribution >= 4 is 24.7 Å². The van der Waals surface area contributed by atoms with Gasteiger partial charge in [0, 0.05) is 12.8 Å². The number of benzene rings is 2. The van der Waals surface area contributed by atoms with Crippen LogP contribution in [-0.4, -0.2) is 38.2 Å². The second-order valence-electron chi connectivity index (χ2n) is 8.49. The van der Waals surface area contributed by atoms with Crippen LogP contribution in [0.4, 0.5) is 0 Å². The van der Waals surface area contributed by atoms with Gasteiger partial charge >= 0.3 is 5.97 Å². The van der Waals surface area contributed by atoms with Gasteiger partial charge in [-0.25, -0.2) is 4.79 Å². The van der Waals surface area contributed by atoms with Crippen molar-refractivity contribution in [1.82, 2.24) is 0 Å². The standard InChI is InChI=1S/C24H30O4Si/c1-24(2,3)29(20-13-6-4-7-14-20,21-15-8-5-9-16-21)27-18-19-12-10-11-17-22(25)23(26)28-19/h4-11,13-16,19,22,25H,12,17-18H2,1-3H3/b11-10-/t19-,22-/m1/s1. The van der Waals surface area contributed by atoms with Crippen molar-refractivity contribution in [3.63, 3.8) is 0 Å². The van der Waals surface area contributed by atoms with Crippen LogP contribution in [0.25, 0.3) is 0 Å². The second kappa shape index (κ2) is 9.07. The Kier molecular flexibility index (Phi) is 6.73. The van der Waals surface area contributed by atoms with E-state index >= 15 is 0 Å². The van der Waals surface area contributed by atoms with Crippen molar-refractivity contribution in [3.8, 4) is 0 Å². The van der Waals surface area contributed by atoms with Gasteiger partial charge in [0.05, 0.1) is 6.61 Å². The van der Waals surface area contributed by atoms with Gasteiger partial charge < -0.3 is 14.3 Å². The Morgan fingerprint density at radius 1 is 0.966 bits per heavy atom. The van der Waals surface area contributed by atoms with Crippen LogP contribution in [0.3, 0.4) is 0 Å². The molecule has 1 aliphatic heterocycles. The highest BCUT2D eigenvalue weighted by molar-refractivity contribution is 6.99. The molecule has 1 heterocycles. The highest BCUT2D eigenvalue weighted by Crippen LogP contribution is 2.37. The molecule has 1 N–H and O–H groups in total. The summed E-state index contributed by atoms with van der Waals surface area (Å²) in [5, 5.41) is 12.1. The summed E-state index contributed by atoms with van der Waals surface area (Å²) in [4.78, 5) is 12.1. The molecule has 4 nitrogen and oxygen atoms in total. The summed E-state index contributed by atoms with van der Waals surface area (Å²) in [7, 11) is -2.68. The van der Waals surface area contributed by atoms with E-state index in [1.807, 2.05) is 48.6 Å². The molecule has 0 radical (unpaired) electrons. The van der Waals surface area contributed by atoms with Crippen LogP contribution in [-0.2, 0) is 14.0 Å². The van der Waals surface area contributed by atoms with Crippen molar-refractivity contribution in [1.29, 1.82) is 0 Å². The molecule has 5 heteroatoms. The Hall–Kier alpha value is -2.21. The topological polar surface area (TPSA) is 55.8 Å². The fourth-order valence-corrected chi connectivity index (χ4v) is 8.53. The van der Waals surface area contributed by atoms with Gasteiger partial charge in [-0.15, -0.1) is 0 Å². The first-order chi connectivity index (χ1) is 13.8. The summed E-state index contributed by atoms with van der Waals surface area (Å²) in [5.74, 6) is -0.578. The minimum atomic E-state index is -2.68. The highest BCUT2D eigenvalue weighted by atomic mass is 28.4. The SMILES string of the molecule is CC(C)(C)[Si](OC[C@H]1C/C=C\C[C@@H](O)C(=O)O1)(c1ccccc1)c1ccccc1. The highest BCUT2D eigenvalue weighted by Gasteiger charge is 2.50. The maximum atomic E-state index is 12.1. The summed E-state index contributed by atoms with van der Waals surface area (Å²) in [6, 6.07) is 20.8. The molecular weight excluding hydrogens is 380 g/mol. The lowest BCUT2D eigenvalue weighted by Crippen LogP contribution is -2.67. The predicted octanol–water partition coefficient (Wildman–Crippen LogP) is 3.19. The number of hydrogen-bond donors (Lipinski definition) is 1. The number of cyclic esters (lactones) is 1. The second-order valence-corrected chi connectivity index (χ2v) is 12.8. The first-order valence-electron chi connectivity index (χ1n) is 10.1. The summed E-state index contributed by atoms with van der Waals surface area (Å²) in [5.41, 5.74) is 0. The molecular formula is C24H30O4Si. The van der Waals surface area contributed by atoms with Crippen LogP contribution in [0.15, 0.2) is 72.8 Å². The van der Waals surface area contributed by atoms with Crippen LogP contribution < -0.4 is 10.4 Å². The van der Waals surface area contributed by atoms with Gasteiger partial charge in [-0.1, -0.05) is 93.6 Å². The average Bonchev–Trinajstić information content (AvgIpc) is 2.70. The van der Waals surface area contributed by atoms with Gasteiger partial charge in [0.2, 0.25) is 0 Å². The molecule has 1 aliphatic rings. The van der Waals surface area contributed by atoms with Crippen molar-refractivity contribution in [2.24, 2.45) is 0 Å². The zero-order valence-corrected chi connectivity index (χ0v) is 18.4. The first kappa shape index (κ1) is 21.5. The van der Waals surface area contributed by atoms with Crippen molar-refractivity contribution in [2.45, 2.75) is 50.9 Å². The average molecular weight is 411 g/mol. The molecule has 0 unspecified atom stereocenters. The molecule has 0 saturated heterocycles. The molecule has 0 fully saturated rings. The van der Waals surface area contributed by atoms with E-state index in [0.717, 1.165) is 0 Å². The fourth-order valence-electron chi connectivity index (χ4n) is 3.94. The summed E-state index contributed by atoms with van der Waals surface area (Å²) < 4.78 is 12.4. The van der Waals surface area contributed by atoms with Crippen LogP contribution >= 0.6 is 0 Å². The smallest absolute Gasteiger partial charge is 0.335 e. The van der Waals surface area contributed by atoms with Gasteiger partial charge in [0.15, 0.2) is 6.10 Å². The molecule has 29 heavy (non-hydrogen) atoms. The fraction of sp³-hybridized carbons (Fsp3) is 0.375. The third kappa shape index (κ3) is 4.69. The summed E-state index contributed by atoms with van der Waals surface area (Å²) in [6.07, 6.45) is 3.13. The lowest BCUT2D eigenvalue weighted by atomic mass is 10.1. The molecule has 0 aromatic heterocycles. The normalized spacial score (nSPS) is 21.7. The summed E-state index contributed by atoms with van der Waals surface area (Å²) in [6.45, 7) is 6.93. The zero-order valence-electron chi connectivity index (χ0n) is 17.4. The lowest BCUT2D eigenvalue weighted by Gasteiger charge is -2.43. The van der Waals surface area contributed by atoms with Crippen molar-refractivity contribution in [3.05, 3.63) is 72.8 Å². The van der Waals surface area contributed by atoms with Crippen LogP contribution in [0, 0.1) is 0 Å². The van der Waals surface area contributed by atoms with Gasteiger partial charge in [0.1, 0.15) is 6.10 Å². The van der Waals surface area contributed by atoms with E-state index in [9.17, 15) is 9.90 Å². The molecule has 0 amide bonds. The number of aliphatic hydroxyl groups is 1. The van der Waals surface area contributed by atoms with Crippen molar-refractivity contribution in [2.75, 3.05) is 6.61 Å². The van der Waals surface area contributed by atoms with E-state index in [2.05, 4.69) is 45.0 Å². The molecule has 154 valence electrons. The van der Waals surface area contributed by atoms with Gasteiger partial charge in [0.25, 0.3) is 8.32 Å². The Morgan fingerprint density at radius 3 is 2.00 bits per heavy atom. The number of ether oxygens (including phenoxy) is 1. The van der Waals surface area contributed by atoms with E-state index in [-0.39, 0.29) is 11.6 Å². The van der Waals surface area contributed by atoms with Gasteiger partial charge in [-0.3, -0.25) is 0 Å². The predicted molar refractivity (Wildman–Crippen MR) is 118 cm³/mol. The zero-order chi connectivity index (χ0) is 20.9. The van der Waals surface area contributed by atoms with E-state index in [4.69, 9.17) is 9.16 Å². The van der Waals surface area contributed by atoms with Gasteiger partial charge in [-0.05, 0) is 15.4 Å². The Bertz CT molecular complexity index is 787. The van der Waals surface area contributed by atoms with E-state index in [0.29, 0.717) is 12.8 Å². The third-order valence-corrected chi connectivity index (χ3v) is 10.4. The number of esters is 1. The molecule has 0 spiro atoms. The van der Waals surface area contributed by atoms with Gasteiger partial charge in [-0.2, -0.15) is 0 Å². The number of aliphatic hydroxyl groups excluding tert-OH is 1. The molecule has 0 saturated carbocycles. The van der Waals surface area contributed by atoms with Crippen LogP contribution in [0.5, 0.6) is 0 Å². The largest absolute Gasteiger partial charge is 0.458 e. The maximum Gasteiger partial charge on any atom is 0.335 e. The summed E-state index contributed by atoms with van der Waals surface area (Å²) >= 11 is 0. The third-order valence-electron chi connectivity index (χ3n) is 5.38. The van der Waals surface area contributed by atoms with E-state index in [1.165, 1.54) is 10.4 Å². The number of carbonyl (C=O) groups excluding carboxylic acids is 1. The molecule has 0 aliphatic carbocycles. The quantitative estimate of drug-likeness (QED) is 0.467. The van der Waals surface area contributed by atoms with E-state index < -0.39 is 26.5 Å². The number of rotatable bonds is 5. The monoisotopic (exact) mass is 410 g/mol. The van der Waals surface area contributed by atoms with Crippen LogP contribution in [0.1, 0.15) is 33.6 Å². The van der Waals surface area contributed by atoms with Crippen LogP contribution in [0.2, 0.25) is 5.04 Å². The number of carbonyl (C=O) groups is 1. The molecule has 0 bridgehead atoms. The molecule has 3 rings (SSSR count). The molecule has 2 atom stereocenters. The minimum absolute atomic E-state index is 0.142. The molecule has 2 aromatic rings. The Morgan fingerprint density at radius 2 is 1.48 bits per heavy atom. The van der Waals surface area contributed by atoms with E-state index in [1.54, 1.807) is 0 Å². The Balaban J connectivity index is 1.98. The lowest BCUT2D eigenvalue weighted by molar-refractivity contribution is -0.160. The Labute approximate surface area is 174 Å². The number of hydrogen-bond acceptors (Lipinski definition) is 4. The van der Waals surface area contributed by atoms with Crippen molar-refractivity contribution < 1.29 is 19.1 Å². The minimum Gasteiger partial charge on any atom is -0.458 e. The maximum absolute atomic E-state index is 12.1.